The van der Waals surface area contributed by atoms with Crippen LogP contribution in [-0.4, -0.2) is 37.2 Å². The van der Waals surface area contributed by atoms with Crippen LogP contribution in [0.15, 0.2) is 122 Å². The summed E-state index contributed by atoms with van der Waals surface area (Å²) in [4.78, 5) is 38.3. The number of rotatable bonds is 61. The molecule has 81 heavy (non-hydrogen) atoms. The van der Waals surface area contributed by atoms with E-state index in [1.165, 1.54) is 154 Å². The number of carbonyl (C=O) groups is 3. The normalized spacial score (nSPS) is 12.9. The predicted octanol–water partition coefficient (Wildman–Crippen LogP) is 23.6. The summed E-state index contributed by atoms with van der Waals surface area (Å²) in [6.45, 7) is 6.40. The number of allylic oxidation sites excluding steroid dienone is 20. The van der Waals surface area contributed by atoms with E-state index < -0.39 is 12.1 Å². The Bertz CT molecular complexity index is 1670. The highest BCUT2D eigenvalue weighted by Gasteiger charge is 2.19. The molecule has 6 nitrogen and oxygen atoms in total. The number of carbonyl (C=O) groups excluding carboxylic acids is 3. The van der Waals surface area contributed by atoms with Crippen LogP contribution in [0.5, 0.6) is 0 Å². The van der Waals surface area contributed by atoms with E-state index in [-0.39, 0.29) is 31.6 Å². The molecule has 462 valence electrons. The Balaban J connectivity index is 4.29. The van der Waals surface area contributed by atoms with E-state index in [0.29, 0.717) is 19.3 Å². The highest BCUT2D eigenvalue weighted by molar-refractivity contribution is 5.71. The van der Waals surface area contributed by atoms with Gasteiger partial charge < -0.3 is 14.2 Å². The molecule has 0 N–H and O–H groups in total. The Labute approximate surface area is 501 Å². The summed E-state index contributed by atoms with van der Waals surface area (Å²) in [5.74, 6) is -1.01. The van der Waals surface area contributed by atoms with E-state index in [1.54, 1.807) is 0 Å². The summed E-state index contributed by atoms with van der Waals surface area (Å²) in [5, 5.41) is 0. The summed E-state index contributed by atoms with van der Waals surface area (Å²) >= 11 is 0. The zero-order valence-corrected chi connectivity index (χ0v) is 53.0. The van der Waals surface area contributed by atoms with Crippen molar-refractivity contribution in [3.63, 3.8) is 0 Å². The van der Waals surface area contributed by atoms with Crippen molar-refractivity contribution in [3.05, 3.63) is 122 Å². The van der Waals surface area contributed by atoms with Crippen molar-refractivity contribution < 1.29 is 28.6 Å². The largest absolute Gasteiger partial charge is 0.462 e. The lowest BCUT2D eigenvalue weighted by Gasteiger charge is -2.18. The van der Waals surface area contributed by atoms with E-state index in [4.69, 9.17) is 14.2 Å². The van der Waals surface area contributed by atoms with Crippen LogP contribution in [0, 0.1) is 0 Å². The van der Waals surface area contributed by atoms with Gasteiger partial charge in [-0.2, -0.15) is 0 Å². The minimum atomic E-state index is -0.827. The fourth-order valence-electron chi connectivity index (χ4n) is 9.36. The molecule has 1 unspecified atom stereocenters. The maximum atomic E-state index is 12.9. The van der Waals surface area contributed by atoms with E-state index >= 15 is 0 Å². The number of unbranched alkanes of at least 4 members (excludes halogenated alkanes) is 30. The molecule has 0 aliphatic rings. The predicted molar refractivity (Wildman–Crippen MR) is 353 cm³/mol. The molecular weight excluding hydrogens is 997 g/mol. The molecule has 0 rings (SSSR count). The fraction of sp³-hybridized carbons (Fsp3) is 0.693. The first-order valence-corrected chi connectivity index (χ1v) is 34.0. The van der Waals surface area contributed by atoms with Crippen molar-refractivity contribution >= 4 is 17.9 Å². The molecule has 0 saturated carbocycles. The molecule has 0 aromatic rings. The first-order valence-electron chi connectivity index (χ1n) is 34.0. The van der Waals surface area contributed by atoms with Gasteiger partial charge in [0, 0.05) is 19.3 Å². The molecule has 0 amide bonds. The second kappa shape index (κ2) is 68.3. The second-order valence-corrected chi connectivity index (χ2v) is 22.3. The first kappa shape index (κ1) is 76.8. The van der Waals surface area contributed by atoms with Crippen LogP contribution in [-0.2, 0) is 28.6 Å². The van der Waals surface area contributed by atoms with E-state index in [9.17, 15) is 14.4 Å². The number of hydrogen-bond donors (Lipinski definition) is 0. The van der Waals surface area contributed by atoms with Gasteiger partial charge in [0.2, 0.25) is 0 Å². The molecule has 0 fully saturated rings. The highest BCUT2D eigenvalue weighted by atomic mass is 16.6. The van der Waals surface area contributed by atoms with Crippen molar-refractivity contribution in [3.8, 4) is 0 Å². The topological polar surface area (TPSA) is 78.9 Å². The molecule has 0 aromatic heterocycles. The Morgan fingerprint density at radius 3 is 0.852 bits per heavy atom. The lowest BCUT2D eigenvalue weighted by atomic mass is 10.0. The lowest BCUT2D eigenvalue weighted by molar-refractivity contribution is -0.166. The average molecular weight is 1120 g/mol. The van der Waals surface area contributed by atoms with Crippen LogP contribution in [0.4, 0.5) is 0 Å². The zero-order valence-electron chi connectivity index (χ0n) is 53.0. The van der Waals surface area contributed by atoms with Gasteiger partial charge in [-0.3, -0.25) is 14.4 Å². The Kier molecular flexibility index (Phi) is 64.8. The minimum Gasteiger partial charge on any atom is -0.462 e. The van der Waals surface area contributed by atoms with E-state index in [1.807, 2.05) is 6.08 Å². The maximum Gasteiger partial charge on any atom is 0.306 e. The summed E-state index contributed by atoms with van der Waals surface area (Å²) < 4.78 is 16.8. The Hall–Kier alpha value is -4.19. The van der Waals surface area contributed by atoms with E-state index in [2.05, 4.69) is 136 Å². The molecule has 0 aliphatic heterocycles. The molecule has 0 radical (unpaired) electrons. The van der Waals surface area contributed by atoms with Gasteiger partial charge in [-0.1, -0.05) is 303 Å². The average Bonchev–Trinajstić information content (AvgIpc) is 3.46. The van der Waals surface area contributed by atoms with Crippen molar-refractivity contribution in [1.29, 1.82) is 0 Å². The zero-order chi connectivity index (χ0) is 58.5. The van der Waals surface area contributed by atoms with Crippen LogP contribution < -0.4 is 0 Å². The third kappa shape index (κ3) is 66.5. The van der Waals surface area contributed by atoms with Crippen molar-refractivity contribution in [1.82, 2.24) is 0 Å². The standard InChI is InChI=1S/C75H126O6/c1-4-7-10-13-16-19-22-25-27-29-31-32-33-34-35-36-37-38-39-40-41-42-44-45-47-50-53-56-59-62-65-68-74(77)80-71-72(70-79-73(76)67-64-61-58-55-52-49-24-21-18-15-12-9-6-3)81-75(78)69-66-63-60-57-54-51-48-46-43-30-28-26-23-20-17-14-11-8-5-2/h8,11-12,15,17,20-22,24-26,28-29,31,43,46,51,54,60,63,72H,4-7,9-10,13-14,16,18-19,23,27,30,32-42,44-45,47-50,52-53,55-59,61-62,64-71H2,1-3H3/b11-8-,15-12-,20-17-,24-21-,25-22-,28-26-,31-29-,46-43-,54-51-,63-60-. The number of esters is 3. The lowest BCUT2D eigenvalue weighted by Crippen LogP contribution is -2.30. The van der Waals surface area contributed by atoms with Gasteiger partial charge >= 0.3 is 17.9 Å². The van der Waals surface area contributed by atoms with Gasteiger partial charge in [0.1, 0.15) is 13.2 Å². The van der Waals surface area contributed by atoms with Gasteiger partial charge in [-0.15, -0.1) is 0 Å². The third-order valence-electron chi connectivity index (χ3n) is 14.4. The minimum absolute atomic E-state index is 0.113. The molecule has 0 heterocycles. The van der Waals surface area contributed by atoms with Gasteiger partial charge in [0.15, 0.2) is 6.10 Å². The van der Waals surface area contributed by atoms with Crippen molar-refractivity contribution in [2.24, 2.45) is 0 Å². The number of hydrogen-bond acceptors (Lipinski definition) is 6. The second-order valence-electron chi connectivity index (χ2n) is 22.3. The summed E-state index contributed by atoms with van der Waals surface area (Å²) in [5.41, 5.74) is 0. The van der Waals surface area contributed by atoms with Crippen molar-refractivity contribution in [2.75, 3.05) is 13.2 Å². The molecule has 0 saturated heterocycles. The van der Waals surface area contributed by atoms with Gasteiger partial charge in [0.05, 0.1) is 0 Å². The van der Waals surface area contributed by atoms with Gasteiger partial charge in [-0.05, 0) is 116 Å². The highest BCUT2D eigenvalue weighted by Crippen LogP contribution is 2.17. The summed E-state index contributed by atoms with van der Waals surface area (Å²) in [7, 11) is 0. The van der Waals surface area contributed by atoms with Crippen LogP contribution in [0.3, 0.4) is 0 Å². The monoisotopic (exact) mass is 1120 g/mol. The van der Waals surface area contributed by atoms with Crippen molar-refractivity contribution in [2.45, 2.75) is 322 Å². The van der Waals surface area contributed by atoms with Gasteiger partial charge in [0.25, 0.3) is 0 Å². The smallest absolute Gasteiger partial charge is 0.306 e. The van der Waals surface area contributed by atoms with Gasteiger partial charge in [-0.25, -0.2) is 0 Å². The maximum absolute atomic E-state index is 12.9. The quantitative estimate of drug-likeness (QED) is 0.0261. The molecule has 0 bridgehead atoms. The Morgan fingerprint density at radius 1 is 0.259 bits per heavy atom. The summed E-state index contributed by atoms with van der Waals surface area (Å²) in [6, 6.07) is 0. The van der Waals surface area contributed by atoms with Crippen LogP contribution >= 0.6 is 0 Å². The first-order chi connectivity index (χ1) is 40.0. The fourth-order valence-corrected chi connectivity index (χ4v) is 9.36. The molecule has 1 atom stereocenters. The molecule has 0 spiro atoms. The third-order valence-corrected chi connectivity index (χ3v) is 14.4. The van der Waals surface area contributed by atoms with Crippen LogP contribution in [0.25, 0.3) is 0 Å². The molecule has 0 aromatic carbocycles. The number of ether oxygens (including phenoxy) is 3. The summed E-state index contributed by atoms with van der Waals surface area (Å²) in [6.07, 6.45) is 95.3. The van der Waals surface area contributed by atoms with Crippen LogP contribution in [0.1, 0.15) is 316 Å². The molecule has 6 heteroatoms. The SMILES string of the molecule is CC/C=C\C/C=C\C/C=C\C/C=C\C/C=C\C/C=C\CCC(=O)OC(COC(=O)CCCCCCC/C=C\C/C=C\CCC)COC(=O)CCCCCCCCCCCCCCCCCCCCC/C=C\C/C=C\CCCCCCC. The van der Waals surface area contributed by atoms with E-state index in [0.717, 1.165) is 116 Å². The van der Waals surface area contributed by atoms with Crippen LogP contribution in [0.2, 0.25) is 0 Å². The molecular formula is C75H126O6. The molecule has 0 aliphatic carbocycles. The Morgan fingerprint density at radius 2 is 0.531 bits per heavy atom.